The molecule has 0 spiro atoms. The van der Waals surface area contributed by atoms with Crippen LogP contribution < -0.4 is 11.2 Å². The van der Waals surface area contributed by atoms with Crippen molar-refractivity contribution in [3.05, 3.63) is 62.3 Å². The number of aromatic amines is 1. The highest BCUT2D eigenvalue weighted by Gasteiger charge is 2.13. The molecule has 2 aromatic rings. The first-order valence-corrected chi connectivity index (χ1v) is 7.68. The SMILES string of the molecule is C[N+](C)(C)CCN=Cc1c(O)n(Cc2ccccc2)c(=O)[nH]c1=O. The van der Waals surface area contributed by atoms with Gasteiger partial charge in [-0.05, 0) is 5.56 Å². The molecule has 1 aromatic heterocycles. The summed E-state index contributed by atoms with van der Waals surface area (Å²) in [6, 6.07) is 9.23. The van der Waals surface area contributed by atoms with Gasteiger partial charge in [-0.15, -0.1) is 0 Å². The highest BCUT2D eigenvalue weighted by atomic mass is 16.3. The topological polar surface area (TPSA) is 87.4 Å². The maximum absolute atomic E-state index is 12.0. The molecule has 1 aromatic carbocycles. The highest BCUT2D eigenvalue weighted by molar-refractivity contribution is 5.81. The summed E-state index contributed by atoms with van der Waals surface area (Å²) in [6.45, 7) is 1.47. The zero-order valence-electron chi connectivity index (χ0n) is 14.2. The van der Waals surface area contributed by atoms with Crippen LogP contribution in [0.15, 0.2) is 44.9 Å². The van der Waals surface area contributed by atoms with Gasteiger partial charge >= 0.3 is 5.69 Å². The minimum absolute atomic E-state index is 0.00746. The predicted octanol–water partition coefficient (Wildman–Crippen LogP) is 0.416. The van der Waals surface area contributed by atoms with Crippen LogP contribution in [0.25, 0.3) is 0 Å². The summed E-state index contributed by atoms with van der Waals surface area (Å²) in [5, 5.41) is 10.3. The van der Waals surface area contributed by atoms with E-state index in [2.05, 4.69) is 9.98 Å². The van der Waals surface area contributed by atoms with Crippen molar-refractivity contribution in [3.8, 4) is 5.88 Å². The van der Waals surface area contributed by atoms with Crippen LogP contribution in [0.3, 0.4) is 0 Å². The standard InChI is InChI=1S/C17H22N4O3/c1-21(2,3)10-9-18-11-14-15(22)19-17(24)20(16(14)23)12-13-7-5-4-6-8-13/h4-8,11H,9-10,12H2,1-3H3,(H-,18,19,22,23,24)/p+1. The molecule has 0 aliphatic heterocycles. The summed E-state index contributed by atoms with van der Waals surface area (Å²) in [5.74, 6) is -0.374. The van der Waals surface area contributed by atoms with Crippen molar-refractivity contribution in [3.63, 3.8) is 0 Å². The van der Waals surface area contributed by atoms with E-state index in [1.807, 2.05) is 51.5 Å². The number of likely N-dealkylation sites (N-methyl/N-ethyl adjacent to an activating group) is 1. The fourth-order valence-corrected chi connectivity index (χ4v) is 2.12. The van der Waals surface area contributed by atoms with Gasteiger partial charge in [0.05, 0.1) is 40.8 Å². The number of benzene rings is 1. The van der Waals surface area contributed by atoms with Crippen LogP contribution >= 0.6 is 0 Å². The average molecular weight is 331 g/mol. The number of aromatic nitrogens is 2. The molecule has 2 N–H and O–H groups in total. The van der Waals surface area contributed by atoms with Gasteiger partial charge in [0.15, 0.2) is 0 Å². The molecule has 0 saturated heterocycles. The zero-order valence-corrected chi connectivity index (χ0v) is 14.2. The summed E-state index contributed by atoms with van der Waals surface area (Å²) >= 11 is 0. The molecule has 24 heavy (non-hydrogen) atoms. The van der Waals surface area contributed by atoms with Crippen LogP contribution in [0.4, 0.5) is 0 Å². The molecule has 0 bridgehead atoms. The van der Waals surface area contributed by atoms with Crippen molar-refractivity contribution in [1.82, 2.24) is 9.55 Å². The van der Waals surface area contributed by atoms with E-state index in [1.54, 1.807) is 0 Å². The number of H-pyrrole nitrogens is 1. The number of hydrogen-bond donors (Lipinski definition) is 2. The van der Waals surface area contributed by atoms with Gasteiger partial charge in [0.25, 0.3) is 5.56 Å². The van der Waals surface area contributed by atoms with Crippen molar-refractivity contribution in [1.29, 1.82) is 0 Å². The Morgan fingerprint density at radius 3 is 2.50 bits per heavy atom. The normalized spacial score (nSPS) is 12.0. The summed E-state index contributed by atoms with van der Waals surface area (Å²) in [5.41, 5.74) is -0.456. The molecule has 1 heterocycles. The fraction of sp³-hybridized carbons (Fsp3) is 0.353. The van der Waals surface area contributed by atoms with E-state index in [0.29, 0.717) is 6.54 Å². The minimum atomic E-state index is -0.648. The number of rotatable bonds is 6. The van der Waals surface area contributed by atoms with Crippen LogP contribution in [-0.4, -0.2) is 59.6 Å². The molecular weight excluding hydrogens is 308 g/mol. The van der Waals surface area contributed by atoms with E-state index >= 15 is 0 Å². The molecule has 2 rings (SSSR count). The molecule has 7 nitrogen and oxygen atoms in total. The lowest BCUT2D eigenvalue weighted by molar-refractivity contribution is -0.868. The van der Waals surface area contributed by atoms with Gasteiger partial charge in [0.1, 0.15) is 5.56 Å². The average Bonchev–Trinajstić information content (AvgIpc) is 2.50. The van der Waals surface area contributed by atoms with E-state index in [9.17, 15) is 14.7 Å². The Morgan fingerprint density at radius 2 is 1.88 bits per heavy atom. The van der Waals surface area contributed by atoms with E-state index in [0.717, 1.165) is 21.2 Å². The summed E-state index contributed by atoms with van der Waals surface area (Å²) in [4.78, 5) is 30.3. The van der Waals surface area contributed by atoms with Gasteiger partial charge in [-0.25, -0.2) is 4.79 Å². The summed E-state index contributed by atoms with van der Waals surface area (Å²) < 4.78 is 1.87. The van der Waals surface area contributed by atoms with Crippen LogP contribution in [0, 0.1) is 0 Å². The van der Waals surface area contributed by atoms with Gasteiger partial charge in [-0.3, -0.25) is 19.3 Å². The third-order valence-corrected chi connectivity index (χ3v) is 3.51. The van der Waals surface area contributed by atoms with Gasteiger partial charge in [-0.1, -0.05) is 30.3 Å². The van der Waals surface area contributed by atoms with Crippen molar-refractivity contribution >= 4 is 6.21 Å². The van der Waals surface area contributed by atoms with E-state index < -0.39 is 11.2 Å². The molecular formula is C17H23N4O3+. The summed E-state index contributed by atoms with van der Waals surface area (Å²) in [6.07, 6.45) is 1.32. The highest BCUT2D eigenvalue weighted by Crippen LogP contribution is 2.10. The van der Waals surface area contributed by atoms with Crippen molar-refractivity contribution in [2.24, 2.45) is 4.99 Å². The monoisotopic (exact) mass is 331 g/mol. The van der Waals surface area contributed by atoms with E-state index in [-0.39, 0.29) is 18.0 Å². The Morgan fingerprint density at radius 1 is 1.21 bits per heavy atom. The first-order chi connectivity index (χ1) is 11.3. The molecule has 0 aliphatic carbocycles. The van der Waals surface area contributed by atoms with Gasteiger partial charge in [0, 0.05) is 6.21 Å². The largest absolute Gasteiger partial charge is 0.494 e. The number of quaternary nitrogens is 1. The second kappa shape index (κ2) is 7.27. The molecule has 0 saturated carbocycles. The molecule has 0 amide bonds. The van der Waals surface area contributed by atoms with E-state index in [4.69, 9.17) is 0 Å². The third kappa shape index (κ3) is 4.66. The molecule has 0 aliphatic rings. The summed E-state index contributed by atoms with van der Waals surface area (Å²) in [7, 11) is 6.12. The van der Waals surface area contributed by atoms with Crippen LogP contribution in [0.5, 0.6) is 5.88 Å². The van der Waals surface area contributed by atoms with Crippen molar-refractivity contribution < 1.29 is 9.59 Å². The number of nitrogens with zero attached hydrogens (tertiary/aromatic N) is 3. The molecule has 0 radical (unpaired) electrons. The smallest absolute Gasteiger partial charge is 0.331 e. The first kappa shape index (κ1) is 17.7. The van der Waals surface area contributed by atoms with Gasteiger partial charge < -0.3 is 9.59 Å². The molecule has 0 unspecified atom stereocenters. The second-order valence-electron chi connectivity index (χ2n) is 6.62. The fourth-order valence-electron chi connectivity index (χ4n) is 2.12. The molecule has 0 fully saturated rings. The number of nitrogens with one attached hydrogen (secondary N) is 1. The van der Waals surface area contributed by atoms with Crippen molar-refractivity contribution in [2.45, 2.75) is 6.54 Å². The predicted molar refractivity (Wildman–Crippen MR) is 93.9 cm³/mol. The van der Waals surface area contributed by atoms with Gasteiger partial charge in [-0.2, -0.15) is 0 Å². The number of hydrogen-bond acceptors (Lipinski definition) is 4. The molecule has 0 atom stereocenters. The first-order valence-electron chi connectivity index (χ1n) is 7.68. The second-order valence-corrected chi connectivity index (χ2v) is 6.62. The Bertz CT molecular complexity index is 830. The van der Waals surface area contributed by atoms with Crippen LogP contribution in [-0.2, 0) is 6.54 Å². The number of aliphatic imine (C=N–C) groups is 1. The lowest BCUT2D eigenvalue weighted by Gasteiger charge is -2.22. The van der Waals surface area contributed by atoms with E-state index in [1.165, 1.54) is 6.21 Å². The number of aromatic hydroxyl groups is 1. The van der Waals surface area contributed by atoms with Gasteiger partial charge in [0.2, 0.25) is 5.88 Å². The third-order valence-electron chi connectivity index (χ3n) is 3.51. The van der Waals surface area contributed by atoms with Crippen LogP contribution in [0.1, 0.15) is 11.1 Å². The molecule has 7 heteroatoms. The lowest BCUT2D eigenvalue weighted by atomic mass is 10.2. The Kier molecular flexibility index (Phi) is 5.35. The lowest BCUT2D eigenvalue weighted by Crippen LogP contribution is -2.36. The molecule has 128 valence electrons. The Balaban J connectivity index is 2.29. The maximum Gasteiger partial charge on any atom is 0.331 e. The Labute approximate surface area is 140 Å². The maximum atomic E-state index is 12.0. The quantitative estimate of drug-likeness (QED) is 0.594. The van der Waals surface area contributed by atoms with Crippen LogP contribution in [0.2, 0.25) is 0 Å². The zero-order chi connectivity index (χ0) is 17.7. The van der Waals surface area contributed by atoms with Crippen molar-refractivity contribution in [2.75, 3.05) is 34.2 Å². The minimum Gasteiger partial charge on any atom is -0.494 e. The Hall–Kier alpha value is -2.67.